The number of ether oxygens (including phenoxy) is 1. The van der Waals surface area contributed by atoms with Gasteiger partial charge in [0.15, 0.2) is 10.9 Å². The first-order chi connectivity index (χ1) is 14.7. The quantitative estimate of drug-likeness (QED) is 0.412. The summed E-state index contributed by atoms with van der Waals surface area (Å²) in [6.45, 7) is 1.93. The number of hydrogen-bond donors (Lipinski definition) is 2. The van der Waals surface area contributed by atoms with Crippen LogP contribution in [0, 0.1) is 6.92 Å². The molecular weight excluding hydrogens is 396 g/mol. The number of para-hydroxylation sites is 3. The summed E-state index contributed by atoms with van der Waals surface area (Å²) in [6, 6.07) is 22.6. The Hall–Kier alpha value is -3.71. The summed E-state index contributed by atoms with van der Waals surface area (Å²) in [5.41, 5.74) is 2.23. The number of nitrogens with one attached hydrogen (secondary N) is 2. The number of amides is 1. The fourth-order valence-electron chi connectivity index (χ4n) is 2.80. The van der Waals surface area contributed by atoms with Gasteiger partial charge in [0.1, 0.15) is 11.6 Å². The molecule has 2 aromatic carbocycles. The highest BCUT2D eigenvalue weighted by molar-refractivity contribution is 7.13. The third-order valence-electron chi connectivity index (χ3n) is 4.15. The van der Waals surface area contributed by atoms with Crippen LogP contribution in [0.25, 0.3) is 0 Å². The molecule has 0 aliphatic heterocycles. The number of aryl methyl sites for hydroxylation is 1. The van der Waals surface area contributed by atoms with Crippen molar-refractivity contribution in [2.45, 2.75) is 13.3 Å². The molecule has 2 heterocycles. The summed E-state index contributed by atoms with van der Waals surface area (Å²) in [5.74, 6) is 1.86. The average molecular weight is 417 g/mol. The smallest absolute Gasteiger partial charge is 0.230 e. The Kier molecular flexibility index (Phi) is 6.01. The lowest BCUT2D eigenvalue weighted by atomic mass is 10.2. The van der Waals surface area contributed by atoms with Crippen molar-refractivity contribution in [3.63, 3.8) is 0 Å². The second-order valence-electron chi connectivity index (χ2n) is 6.57. The Morgan fingerprint density at radius 2 is 1.77 bits per heavy atom. The van der Waals surface area contributed by atoms with Crippen LogP contribution in [0.3, 0.4) is 0 Å². The van der Waals surface area contributed by atoms with Crippen molar-refractivity contribution in [1.82, 2.24) is 9.97 Å². The van der Waals surface area contributed by atoms with E-state index in [2.05, 4.69) is 20.6 Å². The zero-order chi connectivity index (χ0) is 20.8. The summed E-state index contributed by atoms with van der Waals surface area (Å²) < 4.78 is 5.90. The molecule has 0 unspecified atom stereocenters. The van der Waals surface area contributed by atoms with E-state index in [1.54, 1.807) is 0 Å². The summed E-state index contributed by atoms with van der Waals surface area (Å²) in [6.07, 6.45) is 0.166. The SMILES string of the molecule is Cc1cccc(Nc2nc(CC(=O)Nc3ccccc3Oc3ccccc3)cs2)n1. The Bertz CT molecular complexity index is 1140. The molecule has 4 aromatic rings. The maximum atomic E-state index is 12.6. The number of thiazole rings is 1. The summed E-state index contributed by atoms with van der Waals surface area (Å²) in [7, 11) is 0. The summed E-state index contributed by atoms with van der Waals surface area (Å²) in [4.78, 5) is 21.4. The molecule has 0 bridgehead atoms. The van der Waals surface area contributed by atoms with E-state index in [1.807, 2.05) is 85.1 Å². The van der Waals surface area contributed by atoms with E-state index in [9.17, 15) is 4.79 Å². The topological polar surface area (TPSA) is 76.1 Å². The Balaban J connectivity index is 1.39. The van der Waals surface area contributed by atoms with Gasteiger partial charge in [-0.05, 0) is 43.3 Å². The molecule has 6 nitrogen and oxygen atoms in total. The van der Waals surface area contributed by atoms with Crippen LogP contribution < -0.4 is 15.4 Å². The van der Waals surface area contributed by atoms with Crippen LogP contribution in [0.2, 0.25) is 0 Å². The van der Waals surface area contributed by atoms with Gasteiger partial charge in [-0.2, -0.15) is 0 Å². The number of nitrogens with zero attached hydrogens (tertiary/aromatic N) is 2. The van der Waals surface area contributed by atoms with Gasteiger partial charge in [0.25, 0.3) is 0 Å². The molecule has 1 amide bonds. The van der Waals surface area contributed by atoms with E-state index in [1.165, 1.54) is 11.3 Å². The lowest BCUT2D eigenvalue weighted by Gasteiger charge is -2.11. The highest BCUT2D eigenvalue weighted by Crippen LogP contribution is 2.29. The van der Waals surface area contributed by atoms with Crippen molar-refractivity contribution in [1.29, 1.82) is 0 Å². The predicted octanol–water partition coefficient (Wildman–Crippen LogP) is 5.56. The second kappa shape index (κ2) is 9.19. The molecule has 0 saturated carbocycles. The van der Waals surface area contributed by atoms with Crippen molar-refractivity contribution in [2.24, 2.45) is 0 Å². The van der Waals surface area contributed by atoms with Gasteiger partial charge in [-0.3, -0.25) is 4.79 Å². The van der Waals surface area contributed by atoms with Gasteiger partial charge < -0.3 is 15.4 Å². The third-order valence-corrected chi connectivity index (χ3v) is 4.96. The molecule has 0 spiro atoms. The van der Waals surface area contributed by atoms with E-state index < -0.39 is 0 Å². The van der Waals surface area contributed by atoms with Gasteiger partial charge >= 0.3 is 0 Å². The molecule has 0 aliphatic rings. The number of benzene rings is 2. The maximum Gasteiger partial charge on any atom is 0.230 e. The monoisotopic (exact) mass is 416 g/mol. The van der Waals surface area contributed by atoms with E-state index in [4.69, 9.17) is 4.74 Å². The largest absolute Gasteiger partial charge is 0.455 e. The molecule has 2 N–H and O–H groups in total. The molecule has 4 rings (SSSR count). The molecule has 7 heteroatoms. The van der Waals surface area contributed by atoms with Gasteiger partial charge in [0.2, 0.25) is 5.91 Å². The maximum absolute atomic E-state index is 12.6. The predicted molar refractivity (Wildman–Crippen MR) is 120 cm³/mol. The fourth-order valence-corrected chi connectivity index (χ4v) is 3.52. The molecule has 0 atom stereocenters. The summed E-state index contributed by atoms with van der Waals surface area (Å²) >= 11 is 1.44. The van der Waals surface area contributed by atoms with E-state index >= 15 is 0 Å². The van der Waals surface area contributed by atoms with Crippen molar-refractivity contribution < 1.29 is 9.53 Å². The standard InChI is InChI=1S/C23H20N4O2S/c1-16-8-7-13-21(24-16)27-23-25-17(15-30-23)14-22(28)26-19-11-5-6-12-20(19)29-18-9-3-2-4-10-18/h2-13,15H,14H2,1H3,(H,26,28)(H,24,25,27). The molecule has 0 radical (unpaired) electrons. The van der Waals surface area contributed by atoms with Crippen molar-refractivity contribution >= 4 is 33.9 Å². The van der Waals surface area contributed by atoms with Gasteiger partial charge in [0.05, 0.1) is 17.8 Å². The first-order valence-electron chi connectivity index (χ1n) is 9.42. The lowest BCUT2D eigenvalue weighted by molar-refractivity contribution is -0.115. The number of pyridine rings is 1. The van der Waals surface area contributed by atoms with Crippen LogP contribution in [0.4, 0.5) is 16.6 Å². The minimum absolute atomic E-state index is 0.162. The molecule has 0 saturated heterocycles. The zero-order valence-corrected chi connectivity index (χ0v) is 17.1. The molecule has 150 valence electrons. The number of aromatic nitrogens is 2. The average Bonchev–Trinajstić information content (AvgIpc) is 3.17. The molecule has 30 heavy (non-hydrogen) atoms. The van der Waals surface area contributed by atoms with E-state index in [0.717, 1.165) is 11.5 Å². The second-order valence-corrected chi connectivity index (χ2v) is 7.43. The highest BCUT2D eigenvalue weighted by Gasteiger charge is 2.12. The van der Waals surface area contributed by atoms with Crippen LogP contribution in [0.1, 0.15) is 11.4 Å². The van der Waals surface area contributed by atoms with E-state index in [0.29, 0.717) is 28.0 Å². The van der Waals surface area contributed by atoms with Crippen molar-refractivity contribution in [3.05, 3.63) is 89.6 Å². The van der Waals surface area contributed by atoms with Gasteiger partial charge in [-0.25, -0.2) is 9.97 Å². The van der Waals surface area contributed by atoms with Crippen LogP contribution >= 0.6 is 11.3 Å². The number of hydrogen-bond acceptors (Lipinski definition) is 6. The Morgan fingerprint density at radius 1 is 0.967 bits per heavy atom. The molecular formula is C23H20N4O2S. The zero-order valence-electron chi connectivity index (χ0n) is 16.3. The van der Waals surface area contributed by atoms with E-state index in [-0.39, 0.29) is 12.3 Å². The van der Waals surface area contributed by atoms with Gasteiger partial charge in [-0.1, -0.05) is 36.4 Å². The minimum atomic E-state index is -0.162. The van der Waals surface area contributed by atoms with Crippen molar-refractivity contribution in [2.75, 3.05) is 10.6 Å². The summed E-state index contributed by atoms with van der Waals surface area (Å²) in [5, 5.41) is 8.65. The van der Waals surface area contributed by atoms with Crippen LogP contribution in [0.15, 0.2) is 78.2 Å². The first-order valence-corrected chi connectivity index (χ1v) is 10.3. The van der Waals surface area contributed by atoms with Gasteiger partial charge in [0, 0.05) is 11.1 Å². The number of anilines is 3. The molecule has 2 aromatic heterocycles. The molecule has 0 fully saturated rings. The Labute approximate surface area is 178 Å². The highest BCUT2D eigenvalue weighted by atomic mass is 32.1. The first kappa shape index (κ1) is 19.6. The number of carbonyl (C=O) groups excluding carboxylic acids is 1. The lowest BCUT2D eigenvalue weighted by Crippen LogP contribution is -2.15. The minimum Gasteiger partial charge on any atom is -0.455 e. The fraction of sp³-hybridized carbons (Fsp3) is 0.0870. The number of carbonyl (C=O) groups is 1. The Morgan fingerprint density at radius 3 is 2.60 bits per heavy atom. The van der Waals surface area contributed by atoms with Crippen molar-refractivity contribution in [3.8, 4) is 11.5 Å². The third kappa shape index (κ3) is 5.21. The number of rotatable bonds is 7. The molecule has 0 aliphatic carbocycles. The normalized spacial score (nSPS) is 10.4. The van der Waals surface area contributed by atoms with Crippen LogP contribution in [-0.2, 0) is 11.2 Å². The van der Waals surface area contributed by atoms with Gasteiger partial charge in [-0.15, -0.1) is 11.3 Å². The van der Waals surface area contributed by atoms with Crippen LogP contribution in [0.5, 0.6) is 11.5 Å². The van der Waals surface area contributed by atoms with Crippen LogP contribution in [-0.4, -0.2) is 15.9 Å².